The molecule has 0 saturated heterocycles. The number of rotatable bonds is 8. The first kappa shape index (κ1) is 18.4. The van der Waals surface area contributed by atoms with Gasteiger partial charge in [-0.2, -0.15) is 0 Å². The lowest BCUT2D eigenvalue weighted by atomic mass is 10.1. The molecule has 5 rings (SSSR count). The Morgan fingerprint density at radius 2 is 1.80 bits per heavy atom. The number of Topliss-reactive ketones (excluding diaryl/α,β-unsaturated/α-hetero) is 1. The molecule has 1 aliphatic carbocycles. The Hall–Kier alpha value is -3.60. The molecular weight excluding hydrogens is 372 g/mol. The summed E-state index contributed by atoms with van der Waals surface area (Å²) in [6.07, 6.45) is 6.73. The normalized spacial score (nSPS) is 13.3. The maximum atomic E-state index is 12.2. The van der Waals surface area contributed by atoms with Crippen molar-refractivity contribution >= 4 is 33.7 Å². The van der Waals surface area contributed by atoms with E-state index < -0.39 is 0 Å². The standard InChI is InChI=1S/C25H24N4O/c30-25(17-5-6-17)24-15-21(12-14-27-24)29-20-9-7-19(8-10-20)26-13-11-18-16-28-23-4-2-1-3-22(18)23/h1-4,7-10,12,14-17,26,28H,5-6,11,13H2,(H,27,29). The van der Waals surface area contributed by atoms with Crippen LogP contribution < -0.4 is 10.6 Å². The fourth-order valence-corrected chi connectivity index (χ4v) is 3.72. The molecule has 1 fully saturated rings. The summed E-state index contributed by atoms with van der Waals surface area (Å²) >= 11 is 0. The number of benzene rings is 2. The van der Waals surface area contributed by atoms with Crippen LogP contribution in [0.2, 0.25) is 0 Å². The zero-order valence-electron chi connectivity index (χ0n) is 16.7. The summed E-state index contributed by atoms with van der Waals surface area (Å²) in [5.74, 6) is 0.343. The SMILES string of the molecule is O=C(c1cc(Nc2ccc(NCCc3c[nH]c4ccccc34)cc2)ccn1)C1CC1. The summed E-state index contributed by atoms with van der Waals surface area (Å²) in [7, 11) is 0. The van der Waals surface area contributed by atoms with Gasteiger partial charge in [-0.25, -0.2) is 0 Å². The zero-order chi connectivity index (χ0) is 20.3. The van der Waals surface area contributed by atoms with Gasteiger partial charge < -0.3 is 15.6 Å². The first-order valence-corrected chi connectivity index (χ1v) is 10.4. The average Bonchev–Trinajstić information content (AvgIpc) is 3.56. The van der Waals surface area contributed by atoms with Crippen molar-refractivity contribution in [1.82, 2.24) is 9.97 Å². The molecule has 0 aliphatic heterocycles. The number of para-hydroxylation sites is 1. The fourth-order valence-electron chi connectivity index (χ4n) is 3.72. The second-order valence-electron chi connectivity index (χ2n) is 7.81. The number of nitrogens with zero attached hydrogens (tertiary/aromatic N) is 1. The van der Waals surface area contributed by atoms with Crippen LogP contribution in [0.25, 0.3) is 10.9 Å². The molecule has 0 amide bonds. The van der Waals surface area contributed by atoms with Crippen molar-refractivity contribution in [2.24, 2.45) is 5.92 Å². The number of nitrogens with one attached hydrogen (secondary N) is 3. The van der Waals surface area contributed by atoms with E-state index in [0.29, 0.717) is 5.69 Å². The van der Waals surface area contributed by atoms with E-state index in [0.717, 1.165) is 42.9 Å². The third kappa shape index (κ3) is 4.06. The molecule has 1 aliphatic rings. The number of hydrogen-bond donors (Lipinski definition) is 3. The number of fused-ring (bicyclic) bond motifs is 1. The molecule has 0 bridgehead atoms. The largest absolute Gasteiger partial charge is 0.385 e. The molecule has 0 spiro atoms. The summed E-state index contributed by atoms with van der Waals surface area (Å²) < 4.78 is 0. The number of pyridine rings is 1. The number of anilines is 3. The minimum atomic E-state index is 0.161. The van der Waals surface area contributed by atoms with Crippen molar-refractivity contribution in [3.05, 3.63) is 84.3 Å². The number of aromatic amines is 1. The Balaban J connectivity index is 1.18. The molecule has 30 heavy (non-hydrogen) atoms. The smallest absolute Gasteiger partial charge is 0.184 e. The van der Waals surface area contributed by atoms with E-state index in [1.807, 2.05) is 30.3 Å². The van der Waals surface area contributed by atoms with Crippen LogP contribution in [0.4, 0.5) is 17.1 Å². The van der Waals surface area contributed by atoms with E-state index in [1.54, 1.807) is 6.20 Å². The lowest BCUT2D eigenvalue weighted by molar-refractivity contribution is 0.0963. The van der Waals surface area contributed by atoms with Crippen molar-refractivity contribution in [2.75, 3.05) is 17.2 Å². The van der Waals surface area contributed by atoms with Crippen molar-refractivity contribution in [3.8, 4) is 0 Å². The van der Waals surface area contributed by atoms with Gasteiger partial charge in [0.1, 0.15) is 5.69 Å². The van der Waals surface area contributed by atoms with Crippen molar-refractivity contribution < 1.29 is 4.79 Å². The van der Waals surface area contributed by atoms with E-state index in [4.69, 9.17) is 0 Å². The second-order valence-corrected chi connectivity index (χ2v) is 7.81. The summed E-state index contributed by atoms with van der Waals surface area (Å²) in [6, 6.07) is 20.3. The van der Waals surface area contributed by atoms with Crippen LogP contribution in [0.15, 0.2) is 73.1 Å². The average molecular weight is 396 g/mol. The predicted octanol–water partition coefficient (Wildman–Crippen LogP) is 5.55. The van der Waals surface area contributed by atoms with Gasteiger partial charge >= 0.3 is 0 Å². The van der Waals surface area contributed by atoms with Gasteiger partial charge in [-0.05, 0) is 67.3 Å². The van der Waals surface area contributed by atoms with Crippen LogP contribution in [0.1, 0.15) is 28.9 Å². The number of H-pyrrole nitrogens is 1. The Kier molecular flexibility index (Phi) is 4.93. The van der Waals surface area contributed by atoms with E-state index in [9.17, 15) is 4.79 Å². The topological polar surface area (TPSA) is 69.8 Å². The number of carbonyl (C=O) groups excluding carboxylic acids is 1. The molecule has 4 aromatic rings. The third-order valence-corrected chi connectivity index (χ3v) is 5.53. The van der Waals surface area contributed by atoms with Gasteiger partial charge in [0.25, 0.3) is 0 Å². The van der Waals surface area contributed by atoms with Crippen molar-refractivity contribution in [2.45, 2.75) is 19.3 Å². The Morgan fingerprint density at radius 3 is 2.63 bits per heavy atom. The highest BCUT2D eigenvalue weighted by atomic mass is 16.1. The Labute approximate surface area is 175 Å². The summed E-state index contributed by atoms with van der Waals surface area (Å²) in [4.78, 5) is 19.8. The van der Waals surface area contributed by atoms with Gasteiger partial charge in [0.2, 0.25) is 0 Å². The third-order valence-electron chi connectivity index (χ3n) is 5.53. The minimum absolute atomic E-state index is 0.161. The van der Waals surface area contributed by atoms with Crippen molar-refractivity contribution in [1.29, 1.82) is 0 Å². The maximum Gasteiger partial charge on any atom is 0.184 e. The van der Waals surface area contributed by atoms with E-state index in [1.165, 1.54) is 16.5 Å². The molecule has 2 aromatic heterocycles. The minimum Gasteiger partial charge on any atom is -0.385 e. The quantitative estimate of drug-likeness (QED) is 0.341. The molecule has 0 atom stereocenters. The van der Waals surface area contributed by atoms with Gasteiger partial charge in [0.05, 0.1) is 0 Å². The number of ketones is 1. The first-order chi connectivity index (χ1) is 14.8. The highest BCUT2D eigenvalue weighted by molar-refractivity contribution is 5.98. The summed E-state index contributed by atoms with van der Waals surface area (Å²) in [6.45, 7) is 0.867. The molecule has 1 saturated carbocycles. The van der Waals surface area contributed by atoms with E-state index in [2.05, 4.69) is 57.1 Å². The first-order valence-electron chi connectivity index (χ1n) is 10.4. The fraction of sp³-hybridized carbons (Fsp3) is 0.200. The van der Waals surface area contributed by atoms with Gasteiger partial charge in [0.15, 0.2) is 5.78 Å². The molecule has 2 heterocycles. The van der Waals surface area contributed by atoms with Crippen LogP contribution in [-0.4, -0.2) is 22.3 Å². The molecule has 5 nitrogen and oxygen atoms in total. The molecule has 3 N–H and O–H groups in total. The molecule has 0 unspecified atom stereocenters. The molecule has 0 radical (unpaired) electrons. The Morgan fingerprint density at radius 1 is 1.00 bits per heavy atom. The van der Waals surface area contributed by atoms with Crippen molar-refractivity contribution in [3.63, 3.8) is 0 Å². The van der Waals surface area contributed by atoms with Gasteiger partial charge in [-0.1, -0.05) is 18.2 Å². The summed E-state index contributed by atoms with van der Waals surface area (Å²) in [5, 5.41) is 8.13. The van der Waals surface area contributed by atoms with E-state index in [-0.39, 0.29) is 11.7 Å². The van der Waals surface area contributed by atoms with Crippen LogP contribution >= 0.6 is 0 Å². The predicted molar refractivity (Wildman–Crippen MR) is 122 cm³/mol. The maximum absolute atomic E-state index is 12.2. The highest BCUT2D eigenvalue weighted by Gasteiger charge is 2.31. The highest BCUT2D eigenvalue weighted by Crippen LogP contribution is 2.32. The van der Waals surface area contributed by atoms with Crippen LogP contribution in [0, 0.1) is 5.92 Å². The number of carbonyl (C=O) groups is 1. The Bertz CT molecular complexity index is 1180. The molecule has 2 aromatic carbocycles. The van der Waals surface area contributed by atoms with Gasteiger partial charge in [-0.15, -0.1) is 0 Å². The lowest BCUT2D eigenvalue weighted by Gasteiger charge is -2.10. The van der Waals surface area contributed by atoms with Gasteiger partial charge in [0, 0.05) is 52.8 Å². The zero-order valence-corrected chi connectivity index (χ0v) is 16.7. The molecule has 5 heteroatoms. The second kappa shape index (κ2) is 8.03. The number of hydrogen-bond acceptors (Lipinski definition) is 4. The van der Waals surface area contributed by atoms with E-state index >= 15 is 0 Å². The van der Waals surface area contributed by atoms with Crippen LogP contribution in [0.5, 0.6) is 0 Å². The van der Waals surface area contributed by atoms with Gasteiger partial charge in [-0.3, -0.25) is 9.78 Å². The summed E-state index contributed by atoms with van der Waals surface area (Å²) in [5.41, 5.74) is 6.01. The van der Waals surface area contributed by atoms with Crippen LogP contribution in [-0.2, 0) is 6.42 Å². The van der Waals surface area contributed by atoms with Crippen LogP contribution in [0.3, 0.4) is 0 Å². The number of aromatic nitrogens is 2. The molecular formula is C25H24N4O. The molecule has 150 valence electrons. The lowest BCUT2D eigenvalue weighted by Crippen LogP contribution is -2.05. The monoisotopic (exact) mass is 396 g/mol.